The van der Waals surface area contributed by atoms with Crippen molar-refractivity contribution in [3.05, 3.63) is 30.0 Å². The molecule has 1 aromatic carbocycles. The van der Waals surface area contributed by atoms with Crippen LogP contribution < -0.4 is 4.90 Å². The summed E-state index contributed by atoms with van der Waals surface area (Å²) in [5.74, 6) is 0.933. The van der Waals surface area contributed by atoms with E-state index in [0.717, 1.165) is 42.5 Å². The first kappa shape index (κ1) is 17.3. The predicted octanol–water partition coefficient (Wildman–Crippen LogP) is 4.02. The van der Waals surface area contributed by atoms with Gasteiger partial charge in [0.2, 0.25) is 0 Å². The van der Waals surface area contributed by atoms with Gasteiger partial charge in [-0.25, -0.2) is 0 Å². The Bertz CT molecular complexity index is 779. The van der Waals surface area contributed by atoms with Crippen LogP contribution in [0.1, 0.15) is 61.9 Å². The molecule has 2 fully saturated rings. The molecule has 1 saturated carbocycles. The first-order chi connectivity index (χ1) is 12.8. The second-order valence-electron chi connectivity index (χ2n) is 7.67. The van der Waals surface area contributed by atoms with Gasteiger partial charge in [-0.1, -0.05) is 43.5 Å². The van der Waals surface area contributed by atoms with Gasteiger partial charge in [0.05, 0.1) is 0 Å². The van der Waals surface area contributed by atoms with E-state index in [1.807, 2.05) is 30.1 Å². The number of aromatic nitrogens is 2. The van der Waals surface area contributed by atoms with Crippen molar-refractivity contribution in [1.29, 1.82) is 0 Å². The normalized spacial score (nSPS) is 18.9. The van der Waals surface area contributed by atoms with Gasteiger partial charge in [-0.05, 0) is 32.1 Å². The number of piperidine rings is 1. The minimum atomic E-state index is 0.00536. The van der Waals surface area contributed by atoms with E-state index in [1.165, 1.54) is 38.5 Å². The summed E-state index contributed by atoms with van der Waals surface area (Å²) in [5.41, 5.74) is 0.495. The fourth-order valence-corrected chi connectivity index (χ4v) is 4.39. The fourth-order valence-electron chi connectivity index (χ4n) is 4.39. The molecule has 0 spiro atoms. The zero-order chi connectivity index (χ0) is 17.9. The van der Waals surface area contributed by atoms with E-state index in [0.29, 0.717) is 11.7 Å². The molecule has 0 unspecified atom stereocenters. The van der Waals surface area contributed by atoms with Crippen LogP contribution in [0.3, 0.4) is 0 Å². The Hall–Kier alpha value is -2.17. The molecule has 0 atom stereocenters. The highest BCUT2D eigenvalue weighted by Gasteiger charge is 2.26. The van der Waals surface area contributed by atoms with Crippen molar-refractivity contribution in [1.82, 2.24) is 15.1 Å². The van der Waals surface area contributed by atoms with Gasteiger partial charge in [-0.2, -0.15) is 0 Å². The van der Waals surface area contributed by atoms with Crippen molar-refractivity contribution in [3.63, 3.8) is 0 Å². The molecule has 26 heavy (non-hydrogen) atoms. The number of carbonyl (C=O) groups excluding carboxylic acids is 1. The van der Waals surface area contributed by atoms with Crippen molar-refractivity contribution in [2.24, 2.45) is 0 Å². The van der Waals surface area contributed by atoms with E-state index >= 15 is 0 Å². The average molecular weight is 352 g/mol. The smallest absolute Gasteiger partial charge is 0.275 e. The van der Waals surface area contributed by atoms with E-state index in [2.05, 4.69) is 21.2 Å². The van der Waals surface area contributed by atoms with Crippen LogP contribution in [0.15, 0.2) is 24.3 Å². The number of carbonyl (C=O) groups is 1. The molecule has 1 aliphatic carbocycles. The molecule has 4 rings (SSSR count). The van der Waals surface area contributed by atoms with Gasteiger partial charge >= 0.3 is 0 Å². The summed E-state index contributed by atoms with van der Waals surface area (Å²) in [7, 11) is 1.92. The van der Waals surface area contributed by atoms with E-state index in [1.54, 1.807) is 0 Å². The van der Waals surface area contributed by atoms with E-state index in [9.17, 15) is 4.79 Å². The highest BCUT2D eigenvalue weighted by atomic mass is 16.2. The monoisotopic (exact) mass is 352 g/mol. The highest BCUT2D eigenvalue weighted by molar-refractivity contribution is 6.07. The van der Waals surface area contributed by atoms with E-state index in [4.69, 9.17) is 0 Å². The predicted molar refractivity (Wildman–Crippen MR) is 105 cm³/mol. The van der Waals surface area contributed by atoms with Gasteiger partial charge in [-0.15, -0.1) is 10.2 Å². The summed E-state index contributed by atoms with van der Waals surface area (Å²) >= 11 is 0. The van der Waals surface area contributed by atoms with Gasteiger partial charge in [-0.3, -0.25) is 4.79 Å². The Morgan fingerprint density at radius 1 is 0.962 bits per heavy atom. The third kappa shape index (κ3) is 3.27. The maximum Gasteiger partial charge on any atom is 0.275 e. The van der Waals surface area contributed by atoms with Crippen LogP contribution >= 0.6 is 0 Å². The highest BCUT2D eigenvalue weighted by Crippen LogP contribution is 2.29. The third-order valence-electron chi connectivity index (χ3n) is 5.97. The molecule has 1 aliphatic heterocycles. The molecular formula is C21H28N4O. The molecule has 0 bridgehead atoms. The van der Waals surface area contributed by atoms with Gasteiger partial charge in [0, 0.05) is 37.0 Å². The molecule has 2 aromatic rings. The number of amides is 1. The molecule has 2 aliphatic rings. The molecular weight excluding hydrogens is 324 g/mol. The molecule has 5 nitrogen and oxygen atoms in total. The van der Waals surface area contributed by atoms with E-state index in [-0.39, 0.29) is 5.91 Å². The fraction of sp³-hybridized carbons (Fsp3) is 0.571. The van der Waals surface area contributed by atoms with Crippen molar-refractivity contribution < 1.29 is 4.79 Å². The zero-order valence-corrected chi connectivity index (χ0v) is 15.7. The van der Waals surface area contributed by atoms with Crippen molar-refractivity contribution in [3.8, 4) is 0 Å². The third-order valence-corrected chi connectivity index (χ3v) is 5.97. The van der Waals surface area contributed by atoms with Crippen LogP contribution in [0.25, 0.3) is 10.8 Å². The first-order valence-corrected chi connectivity index (χ1v) is 10.0. The SMILES string of the molecule is CN(C(=O)c1nnc(N2CCCCC2)c2ccccc12)C1CCCCC1. The van der Waals surface area contributed by atoms with Crippen LogP contribution in [0.4, 0.5) is 5.82 Å². The lowest BCUT2D eigenvalue weighted by Gasteiger charge is -2.31. The maximum absolute atomic E-state index is 13.2. The first-order valence-electron chi connectivity index (χ1n) is 10.0. The van der Waals surface area contributed by atoms with Crippen LogP contribution in [0, 0.1) is 0 Å². The van der Waals surface area contributed by atoms with Gasteiger partial charge in [0.15, 0.2) is 11.5 Å². The molecule has 1 aromatic heterocycles. The van der Waals surface area contributed by atoms with Crippen molar-refractivity contribution >= 4 is 22.5 Å². The van der Waals surface area contributed by atoms with Crippen LogP contribution in [0.5, 0.6) is 0 Å². The van der Waals surface area contributed by atoms with Gasteiger partial charge in [0.1, 0.15) is 0 Å². The zero-order valence-electron chi connectivity index (χ0n) is 15.7. The number of hydrogen-bond acceptors (Lipinski definition) is 4. The summed E-state index contributed by atoms with van der Waals surface area (Å²) in [6.07, 6.45) is 9.57. The largest absolute Gasteiger partial charge is 0.355 e. The Morgan fingerprint density at radius 3 is 2.35 bits per heavy atom. The molecule has 5 heteroatoms. The number of nitrogens with zero attached hydrogens (tertiary/aromatic N) is 4. The Balaban J connectivity index is 1.68. The van der Waals surface area contributed by atoms with Crippen LogP contribution in [-0.4, -0.2) is 47.2 Å². The second-order valence-corrected chi connectivity index (χ2v) is 7.67. The van der Waals surface area contributed by atoms with Gasteiger partial charge in [0.25, 0.3) is 5.91 Å². The standard InChI is InChI=1S/C21H28N4O/c1-24(16-10-4-2-5-11-16)21(26)19-17-12-6-7-13-18(17)20(23-22-19)25-14-8-3-9-15-25/h6-7,12-13,16H,2-5,8-11,14-15H2,1H3. The number of hydrogen-bond donors (Lipinski definition) is 0. The van der Waals surface area contributed by atoms with Crippen molar-refractivity contribution in [2.75, 3.05) is 25.0 Å². The minimum Gasteiger partial charge on any atom is -0.355 e. The number of rotatable bonds is 3. The lowest BCUT2D eigenvalue weighted by molar-refractivity contribution is 0.0691. The molecule has 138 valence electrons. The van der Waals surface area contributed by atoms with Crippen LogP contribution in [-0.2, 0) is 0 Å². The minimum absolute atomic E-state index is 0.00536. The quantitative estimate of drug-likeness (QED) is 0.837. The topological polar surface area (TPSA) is 49.3 Å². The Kier molecular flexibility index (Phi) is 5.05. The number of fused-ring (bicyclic) bond motifs is 1. The molecule has 1 amide bonds. The summed E-state index contributed by atoms with van der Waals surface area (Å²) < 4.78 is 0. The van der Waals surface area contributed by atoms with Crippen molar-refractivity contribution in [2.45, 2.75) is 57.4 Å². The molecule has 1 saturated heterocycles. The Morgan fingerprint density at radius 2 is 1.62 bits per heavy atom. The lowest BCUT2D eigenvalue weighted by atomic mass is 9.94. The Labute approximate surface area is 155 Å². The molecule has 0 N–H and O–H groups in total. The summed E-state index contributed by atoms with van der Waals surface area (Å²) in [4.78, 5) is 17.4. The number of benzene rings is 1. The van der Waals surface area contributed by atoms with Gasteiger partial charge < -0.3 is 9.80 Å². The summed E-state index contributed by atoms with van der Waals surface area (Å²) in [5, 5.41) is 10.9. The number of anilines is 1. The molecule has 2 heterocycles. The summed E-state index contributed by atoms with van der Waals surface area (Å²) in [6.45, 7) is 2.04. The van der Waals surface area contributed by atoms with E-state index < -0.39 is 0 Å². The average Bonchev–Trinajstić information content (AvgIpc) is 2.73. The second kappa shape index (κ2) is 7.60. The lowest BCUT2D eigenvalue weighted by Crippen LogP contribution is -2.39. The molecule has 0 radical (unpaired) electrons. The van der Waals surface area contributed by atoms with Crippen LogP contribution in [0.2, 0.25) is 0 Å². The maximum atomic E-state index is 13.2. The summed E-state index contributed by atoms with van der Waals surface area (Å²) in [6, 6.07) is 8.43.